The third kappa shape index (κ3) is 4.29. The molecule has 116 valence electrons. The minimum Gasteiger partial charge on any atom is -0.444 e. The molecule has 0 unspecified atom stereocenters. The summed E-state index contributed by atoms with van der Waals surface area (Å²) >= 11 is 0. The van der Waals surface area contributed by atoms with Crippen molar-refractivity contribution in [1.82, 2.24) is 0 Å². The minimum absolute atomic E-state index is 0.114. The second-order valence-corrected chi connectivity index (χ2v) is 5.92. The number of carbonyl (C=O) groups is 1. The van der Waals surface area contributed by atoms with Crippen molar-refractivity contribution in [3.63, 3.8) is 0 Å². The highest BCUT2D eigenvalue weighted by molar-refractivity contribution is 7.86. The van der Waals surface area contributed by atoms with Gasteiger partial charge in [-0.15, -0.1) is 3.89 Å². The van der Waals surface area contributed by atoms with Gasteiger partial charge in [-0.25, -0.2) is 4.79 Å². The van der Waals surface area contributed by atoms with Gasteiger partial charge in [0, 0.05) is 5.69 Å². The smallest absolute Gasteiger partial charge is 0.411 e. The van der Waals surface area contributed by atoms with Gasteiger partial charge in [-0.3, -0.25) is 5.32 Å². The van der Waals surface area contributed by atoms with Gasteiger partial charge in [0.1, 0.15) is 11.5 Å². The Balaban J connectivity index is 1.99. The van der Waals surface area contributed by atoms with Crippen LogP contribution in [0.15, 0.2) is 53.4 Å². The monoisotopic (exact) mass is 323 g/mol. The molecule has 0 fully saturated rings. The van der Waals surface area contributed by atoms with Crippen LogP contribution in [0.2, 0.25) is 0 Å². The van der Waals surface area contributed by atoms with Crippen LogP contribution in [0.5, 0.6) is 0 Å². The van der Waals surface area contributed by atoms with E-state index in [1.807, 2.05) is 30.3 Å². The zero-order valence-corrected chi connectivity index (χ0v) is 12.6. The Bertz CT molecular complexity index is 775. The van der Waals surface area contributed by atoms with Crippen LogP contribution in [0, 0.1) is 6.92 Å². The molecule has 0 atom stereocenters. The van der Waals surface area contributed by atoms with Crippen LogP contribution in [-0.4, -0.2) is 14.5 Å². The van der Waals surface area contributed by atoms with Crippen LogP contribution in [0.4, 0.5) is 14.4 Å². The van der Waals surface area contributed by atoms with E-state index in [0.717, 1.165) is 11.6 Å². The maximum absolute atomic E-state index is 12.9. The van der Waals surface area contributed by atoms with Crippen molar-refractivity contribution in [2.24, 2.45) is 0 Å². The molecule has 1 amide bonds. The van der Waals surface area contributed by atoms with Crippen molar-refractivity contribution < 1.29 is 21.8 Å². The van der Waals surface area contributed by atoms with Crippen molar-refractivity contribution in [3.8, 4) is 0 Å². The van der Waals surface area contributed by atoms with E-state index in [1.165, 1.54) is 19.1 Å². The Labute approximate surface area is 127 Å². The Kier molecular flexibility index (Phi) is 4.77. The predicted molar refractivity (Wildman–Crippen MR) is 79.7 cm³/mol. The first-order chi connectivity index (χ1) is 10.4. The first-order valence-corrected chi connectivity index (χ1v) is 7.77. The molecule has 0 aliphatic carbocycles. The molecular weight excluding hydrogens is 309 g/mol. The lowest BCUT2D eigenvalue weighted by Crippen LogP contribution is -2.13. The minimum atomic E-state index is -4.77. The summed E-state index contributed by atoms with van der Waals surface area (Å²) in [5.74, 6) is 0. The highest BCUT2D eigenvalue weighted by Gasteiger charge is 2.15. The average Bonchev–Trinajstić information content (AvgIpc) is 2.45. The molecule has 22 heavy (non-hydrogen) atoms. The molecule has 0 aliphatic rings. The average molecular weight is 323 g/mol. The van der Waals surface area contributed by atoms with E-state index in [2.05, 4.69) is 5.32 Å². The number of anilines is 1. The number of benzene rings is 2. The Morgan fingerprint density at radius 3 is 2.45 bits per heavy atom. The normalized spacial score (nSPS) is 11.0. The standard InChI is InChI=1S/C15H14FNO4S/c1-11-9-13(7-8-14(11)22(16,19)20)17-15(18)21-10-12-5-3-2-4-6-12/h2-9H,10H2,1H3,(H,17,18). The van der Waals surface area contributed by atoms with Gasteiger partial charge in [0.15, 0.2) is 0 Å². The third-order valence-electron chi connectivity index (χ3n) is 2.90. The van der Waals surface area contributed by atoms with Gasteiger partial charge < -0.3 is 4.74 Å². The van der Waals surface area contributed by atoms with Gasteiger partial charge in [0.25, 0.3) is 0 Å². The molecule has 0 bridgehead atoms. The number of amides is 1. The number of halogens is 1. The zero-order valence-electron chi connectivity index (χ0n) is 11.7. The molecule has 0 radical (unpaired) electrons. The van der Waals surface area contributed by atoms with E-state index in [0.29, 0.717) is 5.69 Å². The molecule has 5 nitrogen and oxygen atoms in total. The fourth-order valence-electron chi connectivity index (χ4n) is 1.88. The zero-order chi connectivity index (χ0) is 16.2. The summed E-state index contributed by atoms with van der Waals surface area (Å²) in [6, 6.07) is 12.9. The summed E-state index contributed by atoms with van der Waals surface area (Å²) in [6.45, 7) is 1.55. The summed E-state index contributed by atoms with van der Waals surface area (Å²) in [7, 11) is -4.77. The first kappa shape index (κ1) is 16.0. The first-order valence-electron chi connectivity index (χ1n) is 6.39. The van der Waals surface area contributed by atoms with E-state index in [-0.39, 0.29) is 12.2 Å². The quantitative estimate of drug-likeness (QED) is 0.875. The molecule has 2 aromatic carbocycles. The topological polar surface area (TPSA) is 72.5 Å². The molecular formula is C15H14FNO4S. The maximum atomic E-state index is 12.9. The fraction of sp³-hybridized carbons (Fsp3) is 0.133. The predicted octanol–water partition coefficient (Wildman–Crippen LogP) is 3.40. The lowest BCUT2D eigenvalue weighted by atomic mass is 10.2. The Morgan fingerprint density at radius 2 is 1.86 bits per heavy atom. The second-order valence-electron chi connectivity index (χ2n) is 4.60. The van der Waals surface area contributed by atoms with Crippen molar-refractivity contribution in [2.75, 3.05) is 5.32 Å². The third-order valence-corrected chi connectivity index (χ3v) is 3.88. The van der Waals surface area contributed by atoms with Gasteiger partial charge in [0.05, 0.1) is 0 Å². The highest BCUT2D eigenvalue weighted by atomic mass is 32.3. The summed E-state index contributed by atoms with van der Waals surface area (Å²) < 4.78 is 39.7. The van der Waals surface area contributed by atoms with Crippen LogP contribution in [-0.2, 0) is 21.6 Å². The number of ether oxygens (including phenoxy) is 1. The van der Waals surface area contributed by atoms with Crippen molar-refractivity contribution in [3.05, 3.63) is 59.7 Å². The summed E-state index contributed by atoms with van der Waals surface area (Å²) in [4.78, 5) is 11.2. The van der Waals surface area contributed by atoms with Crippen LogP contribution in [0.3, 0.4) is 0 Å². The van der Waals surface area contributed by atoms with E-state index >= 15 is 0 Å². The number of hydrogen-bond acceptors (Lipinski definition) is 4. The number of carbonyl (C=O) groups excluding carboxylic acids is 1. The van der Waals surface area contributed by atoms with Crippen LogP contribution >= 0.6 is 0 Å². The van der Waals surface area contributed by atoms with E-state index < -0.39 is 21.2 Å². The molecule has 0 aliphatic heterocycles. The van der Waals surface area contributed by atoms with Gasteiger partial charge in [-0.2, -0.15) is 8.42 Å². The molecule has 0 aromatic heterocycles. The summed E-state index contributed by atoms with van der Waals surface area (Å²) in [5.41, 5.74) is 1.36. The molecule has 0 heterocycles. The number of hydrogen-bond donors (Lipinski definition) is 1. The number of nitrogens with one attached hydrogen (secondary N) is 1. The van der Waals surface area contributed by atoms with Gasteiger partial charge in [0.2, 0.25) is 0 Å². The van der Waals surface area contributed by atoms with Crippen molar-refractivity contribution in [1.29, 1.82) is 0 Å². The van der Waals surface area contributed by atoms with E-state index in [9.17, 15) is 17.1 Å². The van der Waals surface area contributed by atoms with Gasteiger partial charge >= 0.3 is 16.3 Å². The molecule has 7 heteroatoms. The highest BCUT2D eigenvalue weighted by Crippen LogP contribution is 2.21. The largest absolute Gasteiger partial charge is 0.444 e. The molecule has 2 rings (SSSR count). The Hall–Kier alpha value is -2.41. The van der Waals surface area contributed by atoms with Crippen molar-refractivity contribution >= 4 is 22.0 Å². The van der Waals surface area contributed by atoms with Crippen LogP contribution in [0.25, 0.3) is 0 Å². The summed E-state index contributed by atoms with van der Waals surface area (Å²) in [5, 5.41) is 2.45. The molecule has 0 spiro atoms. The Morgan fingerprint density at radius 1 is 1.18 bits per heavy atom. The van der Waals surface area contributed by atoms with Crippen LogP contribution < -0.4 is 5.32 Å². The molecule has 1 N–H and O–H groups in total. The van der Waals surface area contributed by atoms with E-state index in [1.54, 1.807) is 0 Å². The van der Waals surface area contributed by atoms with Crippen LogP contribution in [0.1, 0.15) is 11.1 Å². The molecule has 2 aromatic rings. The lowest BCUT2D eigenvalue weighted by molar-refractivity contribution is 0.155. The molecule has 0 saturated carbocycles. The fourth-order valence-corrected chi connectivity index (χ4v) is 2.55. The SMILES string of the molecule is Cc1cc(NC(=O)OCc2ccccc2)ccc1S(=O)(=O)F. The lowest BCUT2D eigenvalue weighted by Gasteiger charge is -2.09. The van der Waals surface area contributed by atoms with Gasteiger partial charge in [-0.05, 0) is 36.2 Å². The number of rotatable bonds is 4. The maximum Gasteiger partial charge on any atom is 0.411 e. The summed E-state index contributed by atoms with van der Waals surface area (Å²) in [6.07, 6.45) is -0.681. The molecule has 0 saturated heterocycles. The van der Waals surface area contributed by atoms with E-state index in [4.69, 9.17) is 4.74 Å². The van der Waals surface area contributed by atoms with Crippen molar-refractivity contribution in [2.45, 2.75) is 18.4 Å². The number of aryl methyl sites for hydroxylation is 1. The second kappa shape index (κ2) is 6.57. The van der Waals surface area contributed by atoms with Gasteiger partial charge in [-0.1, -0.05) is 30.3 Å².